The molecule has 1 aromatic carbocycles. The molecule has 1 saturated carbocycles. The van der Waals surface area contributed by atoms with E-state index in [1.165, 1.54) is 16.8 Å². The number of carboxylic acid groups (broad SMARTS) is 1. The fourth-order valence-electron chi connectivity index (χ4n) is 3.98. The molecule has 24 heavy (non-hydrogen) atoms. The molecule has 0 unspecified atom stereocenters. The lowest BCUT2D eigenvalue weighted by molar-refractivity contribution is -0.142. The lowest BCUT2D eigenvalue weighted by Crippen LogP contribution is -2.49. The van der Waals surface area contributed by atoms with Gasteiger partial charge >= 0.3 is 5.97 Å². The number of benzene rings is 1. The van der Waals surface area contributed by atoms with Gasteiger partial charge in [0.2, 0.25) is 5.91 Å². The van der Waals surface area contributed by atoms with E-state index in [2.05, 4.69) is 36.9 Å². The number of amides is 1. The molecule has 1 heterocycles. The van der Waals surface area contributed by atoms with Crippen molar-refractivity contribution in [1.82, 2.24) is 4.90 Å². The monoisotopic (exact) mass is 330 g/mol. The van der Waals surface area contributed by atoms with E-state index < -0.39 is 17.3 Å². The van der Waals surface area contributed by atoms with Crippen molar-refractivity contribution >= 4 is 17.6 Å². The molecule has 0 radical (unpaired) electrons. The maximum atomic E-state index is 12.7. The Bertz CT molecular complexity index is 675. The first-order valence-electron chi connectivity index (χ1n) is 8.57. The van der Waals surface area contributed by atoms with Crippen LogP contribution in [-0.2, 0) is 9.59 Å². The van der Waals surface area contributed by atoms with Crippen molar-refractivity contribution in [3.05, 3.63) is 29.3 Å². The molecule has 5 nitrogen and oxygen atoms in total. The van der Waals surface area contributed by atoms with Crippen LogP contribution in [0.15, 0.2) is 18.2 Å². The van der Waals surface area contributed by atoms with Gasteiger partial charge in [0.25, 0.3) is 0 Å². The number of rotatable bonds is 3. The molecule has 130 valence electrons. The average Bonchev–Trinajstić information content (AvgIpc) is 3.12. The molecule has 0 bridgehead atoms. The molecule has 2 aliphatic rings. The van der Waals surface area contributed by atoms with Crippen LogP contribution >= 0.6 is 0 Å². The number of carbonyl (C=O) groups excluding carboxylic acids is 1. The summed E-state index contributed by atoms with van der Waals surface area (Å²) in [5.41, 5.74) is 3.29. The topological polar surface area (TPSA) is 60.9 Å². The summed E-state index contributed by atoms with van der Waals surface area (Å²) in [7, 11) is 0. The summed E-state index contributed by atoms with van der Waals surface area (Å²) < 4.78 is 0. The van der Waals surface area contributed by atoms with Gasteiger partial charge in [-0.15, -0.1) is 0 Å². The lowest BCUT2D eigenvalue weighted by atomic mass is 10.1. The summed E-state index contributed by atoms with van der Waals surface area (Å²) in [5.74, 6) is -1.76. The van der Waals surface area contributed by atoms with Crippen LogP contribution in [0.3, 0.4) is 0 Å². The van der Waals surface area contributed by atoms with Crippen LogP contribution in [0.5, 0.6) is 0 Å². The number of hydrogen-bond donors (Lipinski definition) is 1. The number of piperazine rings is 1. The zero-order chi connectivity index (χ0) is 17.6. The Morgan fingerprint density at radius 1 is 1.08 bits per heavy atom. The van der Waals surface area contributed by atoms with Crippen LogP contribution < -0.4 is 4.90 Å². The molecule has 5 heteroatoms. The third kappa shape index (κ3) is 2.76. The lowest BCUT2D eigenvalue weighted by Gasteiger charge is -2.37. The molecule has 1 aliphatic heterocycles. The van der Waals surface area contributed by atoms with Crippen LogP contribution in [0.25, 0.3) is 0 Å². The number of carboxylic acids is 1. The average molecular weight is 330 g/mol. The molecule has 1 aromatic rings. The minimum absolute atomic E-state index is 0.00742. The largest absolute Gasteiger partial charge is 0.481 e. The van der Waals surface area contributed by atoms with Crippen molar-refractivity contribution < 1.29 is 14.7 Å². The predicted molar refractivity (Wildman–Crippen MR) is 93.1 cm³/mol. The Labute approximate surface area is 143 Å². The van der Waals surface area contributed by atoms with E-state index in [1.807, 2.05) is 18.7 Å². The van der Waals surface area contributed by atoms with Crippen molar-refractivity contribution in [2.75, 3.05) is 31.1 Å². The number of aryl methyl sites for hydroxylation is 2. The van der Waals surface area contributed by atoms with Crippen LogP contribution in [-0.4, -0.2) is 48.1 Å². The highest BCUT2D eigenvalue weighted by Crippen LogP contribution is 2.59. The second kappa shape index (κ2) is 5.80. The fraction of sp³-hybridized carbons (Fsp3) is 0.579. The van der Waals surface area contributed by atoms with Crippen LogP contribution in [0, 0.1) is 31.1 Å². The van der Waals surface area contributed by atoms with Gasteiger partial charge in [-0.05, 0) is 36.5 Å². The molecular formula is C19H26N2O3. The van der Waals surface area contributed by atoms with Crippen LogP contribution in [0.2, 0.25) is 0 Å². The van der Waals surface area contributed by atoms with Crippen molar-refractivity contribution in [1.29, 1.82) is 0 Å². The molecule has 1 N–H and O–H groups in total. The normalized spacial score (nSPS) is 25.5. The number of hydrogen-bond acceptors (Lipinski definition) is 3. The van der Waals surface area contributed by atoms with Gasteiger partial charge in [0.05, 0.1) is 11.8 Å². The number of aliphatic carboxylic acids is 1. The first-order chi connectivity index (χ1) is 11.2. The highest BCUT2D eigenvalue weighted by atomic mass is 16.4. The van der Waals surface area contributed by atoms with E-state index in [1.54, 1.807) is 0 Å². The third-order valence-corrected chi connectivity index (χ3v) is 5.66. The van der Waals surface area contributed by atoms with E-state index in [0.717, 1.165) is 13.1 Å². The smallest absolute Gasteiger partial charge is 0.307 e. The van der Waals surface area contributed by atoms with Crippen LogP contribution in [0.1, 0.15) is 25.0 Å². The SMILES string of the molecule is Cc1ccc(C)c(N2CCN(C(=O)[C@@H]3[C@H](C(=O)O)C3(C)C)CC2)c1. The Hall–Kier alpha value is -2.04. The molecule has 3 rings (SSSR count). The Kier molecular flexibility index (Phi) is 4.06. The van der Waals surface area contributed by atoms with Gasteiger partial charge < -0.3 is 14.9 Å². The first kappa shape index (κ1) is 16.8. The summed E-state index contributed by atoms with van der Waals surface area (Å²) in [6.45, 7) is 10.8. The van der Waals surface area contributed by atoms with Crippen molar-refractivity contribution in [3.63, 3.8) is 0 Å². The van der Waals surface area contributed by atoms with Gasteiger partial charge in [0.15, 0.2) is 0 Å². The summed E-state index contributed by atoms with van der Waals surface area (Å²) in [6, 6.07) is 6.43. The van der Waals surface area contributed by atoms with Crippen molar-refractivity contribution in [2.45, 2.75) is 27.7 Å². The van der Waals surface area contributed by atoms with Gasteiger partial charge in [-0.3, -0.25) is 9.59 Å². The number of carbonyl (C=O) groups is 2. The number of anilines is 1. The molecule has 1 amide bonds. The zero-order valence-corrected chi connectivity index (χ0v) is 14.9. The fourth-order valence-corrected chi connectivity index (χ4v) is 3.98. The van der Waals surface area contributed by atoms with E-state index >= 15 is 0 Å². The molecule has 0 aromatic heterocycles. The van der Waals surface area contributed by atoms with Crippen molar-refractivity contribution in [3.8, 4) is 0 Å². The molecule has 1 aliphatic carbocycles. The standard InChI is InChI=1S/C19H26N2O3/c1-12-5-6-13(2)14(11-12)20-7-9-21(10-8-20)17(22)15-16(18(23)24)19(15,3)4/h5-6,11,15-16H,7-10H2,1-4H3,(H,23,24)/t15-,16+/m0/s1. The maximum Gasteiger partial charge on any atom is 0.307 e. The van der Waals surface area contributed by atoms with Gasteiger partial charge in [-0.1, -0.05) is 26.0 Å². The number of nitrogens with zero attached hydrogens (tertiary/aromatic N) is 2. The third-order valence-electron chi connectivity index (χ3n) is 5.66. The molecule has 2 atom stereocenters. The highest BCUT2D eigenvalue weighted by Gasteiger charge is 2.66. The quantitative estimate of drug-likeness (QED) is 0.924. The Morgan fingerprint density at radius 2 is 1.71 bits per heavy atom. The molecular weight excluding hydrogens is 304 g/mol. The summed E-state index contributed by atoms with van der Waals surface area (Å²) in [4.78, 5) is 28.2. The highest BCUT2D eigenvalue weighted by molar-refractivity contribution is 5.91. The summed E-state index contributed by atoms with van der Waals surface area (Å²) >= 11 is 0. The molecule has 1 saturated heterocycles. The summed E-state index contributed by atoms with van der Waals surface area (Å²) in [5, 5.41) is 9.27. The van der Waals surface area contributed by atoms with E-state index in [-0.39, 0.29) is 11.8 Å². The van der Waals surface area contributed by atoms with Crippen molar-refractivity contribution in [2.24, 2.45) is 17.3 Å². The second-order valence-electron chi connectivity index (χ2n) is 7.72. The minimum atomic E-state index is -0.854. The maximum absolute atomic E-state index is 12.7. The minimum Gasteiger partial charge on any atom is -0.481 e. The van der Waals surface area contributed by atoms with Gasteiger partial charge in [-0.2, -0.15) is 0 Å². The Balaban J connectivity index is 1.64. The summed E-state index contributed by atoms with van der Waals surface area (Å²) in [6.07, 6.45) is 0. The van der Waals surface area contributed by atoms with E-state index in [9.17, 15) is 14.7 Å². The second-order valence-corrected chi connectivity index (χ2v) is 7.72. The molecule has 2 fully saturated rings. The van der Waals surface area contributed by atoms with E-state index in [0.29, 0.717) is 13.1 Å². The zero-order valence-electron chi connectivity index (χ0n) is 14.9. The van der Waals surface area contributed by atoms with Gasteiger partial charge in [-0.25, -0.2) is 0 Å². The van der Waals surface area contributed by atoms with Gasteiger partial charge in [0.1, 0.15) is 0 Å². The Morgan fingerprint density at radius 3 is 2.25 bits per heavy atom. The molecule has 0 spiro atoms. The van der Waals surface area contributed by atoms with E-state index in [4.69, 9.17) is 0 Å². The van der Waals surface area contributed by atoms with Gasteiger partial charge in [0, 0.05) is 31.9 Å². The predicted octanol–water partition coefficient (Wildman–Crippen LogP) is 2.31. The van der Waals surface area contributed by atoms with Crippen LogP contribution in [0.4, 0.5) is 5.69 Å². The first-order valence-corrected chi connectivity index (χ1v) is 8.57.